The van der Waals surface area contributed by atoms with Gasteiger partial charge in [-0.2, -0.15) is 5.26 Å². The molecule has 0 atom stereocenters. The van der Waals surface area contributed by atoms with E-state index in [2.05, 4.69) is 5.32 Å². The maximum Gasteiger partial charge on any atom is 0.266 e. The Morgan fingerprint density at radius 3 is 2.08 bits per heavy atom. The fourth-order valence-corrected chi connectivity index (χ4v) is 2.92. The minimum atomic E-state index is -0.261. The van der Waals surface area contributed by atoms with Crippen LogP contribution in [0.2, 0.25) is 0 Å². The van der Waals surface area contributed by atoms with Crippen LogP contribution in [0.25, 0.3) is 0 Å². The predicted molar refractivity (Wildman–Crippen MR) is 99.0 cm³/mol. The molecule has 0 saturated carbocycles. The average molecular weight is 347 g/mol. The van der Waals surface area contributed by atoms with Crippen LogP contribution < -0.4 is 5.32 Å². The summed E-state index contributed by atoms with van der Waals surface area (Å²) in [6.45, 7) is 2.04. The van der Waals surface area contributed by atoms with Gasteiger partial charge in [0.25, 0.3) is 5.91 Å². The van der Waals surface area contributed by atoms with E-state index in [-0.39, 0.29) is 17.5 Å². The Hall–Kier alpha value is -3.10. The van der Waals surface area contributed by atoms with Crippen molar-refractivity contribution in [1.29, 1.82) is 5.26 Å². The van der Waals surface area contributed by atoms with Crippen molar-refractivity contribution in [1.82, 2.24) is 10.2 Å². The molecule has 2 aromatic carbocycles. The number of carbonyl (C=O) groups is 1. The molecule has 1 fully saturated rings. The monoisotopic (exact) mass is 347 g/mol. The van der Waals surface area contributed by atoms with Gasteiger partial charge in [-0.1, -0.05) is 60.7 Å². The number of hydrogen-bond acceptors (Lipinski definition) is 4. The molecule has 0 unspecified atom stereocenters. The van der Waals surface area contributed by atoms with E-state index >= 15 is 0 Å². The molecule has 0 aliphatic carbocycles. The van der Waals surface area contributed by atoms with Crippen LogP contribution in [0.1, 0.15) is 17.2 Å². The number of amides is 1. The number of rotatable bonds is 5. The third-order valence-corrected chi connectivity index (χ3v) is 4.31. The zero-order valence-corrected chi connectivity index (χ0v) is 14.5. The van der Waals surface area contributed by atoms with Crippen LogP contribution in [0.15, 0.2) is 72.4 Å². The summed E-state index contributed by atoms with van der Waals surface area (Å²) in [5.41, 5.74) is 2.22. The predicted octanol–water partition coefficient (Wildman–Crippen LogP) is 2.63. The van der Waals surface area contributed by atoms with Crippen LogP contribution in [-0.4, -0.2) is 37.1 Å². The van der Waals surface area contributed by atoms with E-state index in [9.17, 15) is 10.1 Å². The van der Waals surface area contributed by atoms with Crippen molar-refractivity contribution in [2.45, 2.75) is 6.04 Å². The van der Waals surface area contributed by atoms with Gasteiger partial charge in [0.1, 0.15) is 11.6 Å². The first kappa shape index (κ1) is 17.7. The maximum absolute atomic E-state index is 12.6. The molecule has 1 saturated heterocycles. The van der Waals surface area contributed by atoms with E-state index in [1.54, 1.807) is 4.90 Å². The average Bonchev–Trinajstić information content (AvgIpc) is 2.73. The zero-order chi connectivity index (χ0) is 18.2. The summed E-state index contributed by atoms with van der Waals surface area (Å²) in [6, 6.07) is 21.8. The third-order valence-electron chi connectivity index (χ3n) is 4.31. The topological polar surface area (TPSA) is 65.4 Å². The molecule has 2 aromatic rings. The van der Waals surface area contributed by atoms with Gasteiger partial charge >= 0.3 is 0 Å². The van der Waals surface area contributed by atoms with E-state index in [1.807, 2.05) is 66.7 Å². The molecule has 5 nitrogen and oxygen atoms in total. The standard InChI is InChI=1S/C21H21N3O2/c22-15-19(21(25)24-11-13-26-14-12-24)16-23-20(17-7-3-1-4-8-17)18-9-5-2-6-10-18/h1-10,16,20,23H,11-14H2/b19-16-. The summed E-state index contributed by atoms with van der Waals surface area (Å²) in [6.07, 6.45) is 1.53. The molecule has 1 amide bonds. The van der Waals surface area contributed by atoms with Crippen molar-refractivity contribution in [2.24, 2.45) is 0 Å². The largest absolute Gasteiger partial charge is 0.379 e. The highest BCUT2D eigenvalue weighted by atomic mass is 16.5. The van der Waals surface area contributed by atoms with Crippen LogP contribution in [0, 0.1) is 11.3 Å². The Balaban J connectivity index is 1.82. The first-order valence-corrected chi connectivity index (χ1v) is 8.63. The first-order valence-electron chi connectivity index (χ1n) is 8.63. The molecule has 1 aliphatic heterocycles. The second kappa shape index (κ2) is 8.84. The van der Waals surface area contributed by atoms with Gasteiger partial charge in [-0.25, -0.2) is 0 Å². The van der Waals surface area contributed by atoms with Crippen molar-refractivity contribution < 1.29 is 9.53 Å². The first-order chi connectivity index (χ1) is 12.8. The SMILES string of the molecule is N#C/C(=C/NC(c1ccccc1)c1ccccc1)C(=O)N1CCOCC1. The summed E-state index contributed by atoms with van der Waals surface area (Å²) in [5.74, 6) is -0.261. The second-order valence-electron chi connectivity index (χ2n) is 6.00. The molecule has 26 heavy (non-hydrogen) atoms. The van der Waals surface area contributed by atoms with Gasteiger partial charge in [0.05, 0.1) is 19.3 Å². The lowest BCUT2D eigenvalue weighted by Crippen LogP contribution is -2.41. The third kappa shape index (κ3) is 4.29. The van der Waals surface area contributed by atoms with Crippen molar-refractivity contribution in [3.63, 3.8) is 0 Å². The summed E-state index contributed by atoms with van der Waals surface area (Å²) in [4.78, 5) is 14.2. The van der Waals surface area contributed by atoms with E-state index in [0.717, 1.165) is 11.1 Å². The number of nitriles is 1. The lowest BCUT2D eigenvalue weighted by atomic mass is 9.99. The molecule has 5 heteroatoms. The Kier molecular flexibility index (Phi) is 6.02. The molecule has 1 heterocycles. The van der Waals surface area contributed by atoms with Gasteiger partial charge in [0, 0.05) is 19.3 Å². The normalized spacial score (nSPS) is 14.8. The Bertz CT molecular complexity index is 752. The number of nitrogens with one attached hydrogen (secondary N) is 1. The van der Waals surface area contributed by atoms with Gasteiger partial charge in [0.2, 0.25) is 0 Å². The minimum Gasteiger partial charge on any atom is -0.379 e. The number of ether oxygens (including phenoxy) is 1. The molecule has 0 bridgehead atoms. The Morgan fingerprint density at radius 2 is 1.58 bits per heavy atom. The smallest absolute Gasteiger partial charge is 0.266 e. The van der Waals surface area contributed by atoms with E-state index in [0.29, 0.717) is 26.3 Å². The van der Waals surface area contributed by atoms with Crippen LogP contribution in [0.4, 0.5) is 0 Å². The molecular weight excluding hydrogens is 326 g/mol. The highest BCUT2D eigenvalue weighted by Crippen LogP contribution is 2.22. The molecule has 0 radical (unpaired) electrons. The minimum absolute atomic E-state index is 0.101. The van der Waals surface area contributed by atoms with E-state index in [1.165, 1.54) is 6.20 Å². The van der Waals surface area contributed by atoms with Crippen LogP contribution >= 0.6 is 0 Å². The Morgan fingerprint density at radius 1 is 1.04 bits per heavy atom. The number of hydrogen-bond donors (Lipinski definition) is 1. The fraction of sp³-hybridized carbons (Fsp3) is 0.238. The highest BCUT2D eigenvalue weighted by molar-refractivity contribution is 5.97. The summed E-state index contributed by atoms with van der Waals surface area (Å²) in [7, 11) is 0. The fourth-order valence-electron chi connectivity index (χ4n) is 2.92. The molecule has 1 aliphatic rings. The number of benzene rings is 2. The van der Waals surface area contributed by atoms with Crippen molar-refractivity contribution in [2.75, 3.05) is 26.3 Å². The van der Waals surface area contributed by atoms with Gasteiger partial charge in [-0.3, -0.25) is 4.79 Å². The zero-order valence-electron chi connectivity index (χ0n) is 14.5. The van der Waals surface area contributed by atoms with Crippen LogP contribution in [0.3, 0.4) is 0 Å². The number of carbonyl (C=O) groups excluding carboxylic acids is 1. The van der Waals surface area contributed by atoms with Gasteiger partial charge in [-0.15, -0.1) is 0 Å². The molecular formula is C21H21N3O2. The van der Waals surface area contributed by atoms with E-state index in [4.69, 9.17) is 4.74 Å². The van der Waals surface area contributed by atoms with Crippen molar-refractivity contribution >= 4 is 5.91 Å². The number of morpholine rings is 1. The molecule has 0 aromatic heterocycles. The maximum atomic E-state index is 12.6. The molecule has 132 valence electrons. The van der Waals surface area contributed by atoms with Crippen LogP contribution in [-0.2, 0) is 9.53 Å². The molecule has 3 rings (SSSR count). The van der Waals surface area contributed by atoms with Gasteiger partial charge < -0.3 is 15.0 Å². The second-order valence-corrected chi connectivity index (χ2v) is 6.00. The molecule has 0 spiro atoms. The Labute approximate surface area is 153 Å². The lowest BCUT2D eigenvalue weighted by molar-refractivity contribution is -0.130. The molecule has 1 N–H and O–H groups in total. The van der Waals surface area contributed by atoms with Crippen LogP contribution in [0.5, 0.6) is 0 Å². The van der Waals surface area contributed by atoms with E-state index < -0.39 is 0 Å². The summed E-state index contributed by atoms with van der Waals surface area (Å²) >= 11 is 0. The van der Waals surface area contributed by atoms with Crippen molar-refractivity contribution in [3.8, 4) is 6.07 Å². The van der Waals surface area contributed by atoms with Gasteiger partial charge in [0.15, 0.2) is 0 Å². The summed E-state index contributed by atoms with van der Waals surface area (Å²) < 4.78 is 5.27. The summed E-state index contributed by atoms with van der Waals surface area (Å²) in [5, 5.41) is 12.7. The number of nitrogens with zero attached hydrogens (tertiary/aromatic N) is 2. The lowest BCUT2D eigenvalue weighted by Gasteiger charge is -2.26. The highest BCUT2D eigenvalue weighted by Gasteiger charge is 2.21. The quantitative estimate of drug-likeness (QED) is 0.667. The van der Waals surface area contributed by atoms with Gasteiger partial charge in [-0.05, 0) is 11.1 Å². The van der Waals surface area contributed by atoms with Crippen molar-refractivity contribution in [3.05, 3.63) is 83.6 Å².